The number of carbonyl (C=O) groups is 1. The van der Waals surface area contributed by atoms with E-state index in [0.29, 0.717) is 6.42 Å². The van der Waals surface area contributed by atoms with E-state index in [0.717, 1.165) is 11.6 Å². The van der Waals surface area contributed by atoms with Crippen LogP contribution in [-0.2, 0) is 4.79 Å². The number of anilines is 1. The van der Waals surface area contributed by atoms with Crippen molar-refractivity contribution in [3.63, 3.8) is 0 Å². The van der Waals surface area contributed by atoms with Gasteiger partial charge in [-0.2, -0.15) is 0 Å². The first-order chi connectivity index (χ1) is 11.3. The highest BCUT2D eigenvalue weighted by Gasteiger charge is 2.43. The molecule has 2 aromatic rings. The highest BCUT2D eigenvalue weighted by Crippen LogP contribution is 2.48. The van der Waals surface area contributed by atoms with Gasteiger partial charge in [-0.1, -0.05) is 18.2 Å². The number of phenolic OH excluding ortho intramolecular Hbond substituents is 1. The minimum Gasteiger partial charge on any atom is -0.508 e. The number of halogens is 3. The SMILES string of the molecule is O=C(Nc1cccc(OC(F)(F)F)c1)C1CC1c1ccc(O)cc1. The molecule has 126 valence electrons. The molecule has 2 aromatic carbocycles. The van der Waals surface area contributed by atoms with Crippen LogP contribution in [0, 0.1) is 5.92 Å². The topological polar surface area (TPSA) is 58.6 Å². The molecule has 3 rings (SSSR count). The Hall–Kier alpha value is -2.70. The number of ether oxygens (including phenoxy) is 1. The zero-order chi connectivity index (χ0) is 17.3. The van der Waals surface area contributed by atoms with Gasteiger partial charge in [-0.25, -0.2) is 0 Å². The molecule has 0 bridgehead atoms. The van der Waals surface area contributed by atoms with Crippen LogP contribution in [0.5, 0.6) is 11.5 Å². The van der Waals surface area contributed by atoms with Crippen molar-refractivity contribution < 1.29 is 27.8 Å². The van der Waals surface area contributed by atoms with Crippen molar-refractivity contribution in [1.82, 2.24) is 0 Å². The number of benzene rings is 2. The van der Waals surface area contributed by atoms with Crippen molar-refractivity contribution in [2.24, 2.45) is 5.92 Å². The number of aromatic hydroxyl groups is 1. The van der Waals surface area contributed by atoms with Crippen LogP contribution in [0.1, 0.15) is 17.9 Å². The third kappa shape index (κ3) is 3.98. The van der Waals surface area contributed by atoms with E-state index in [1.165, 1.54) is 18.2 Å². The maximum absolute atomic E-state index is 12.2. The zero-order valence-corrected chi connectivity index (χ0v) is 12.4. The van der Waals surface area contributed by atoms with Crippen LogP contribution in [0.2, 0.25) is 0 Å². The summed E-state index contributed by atoms with van der Waals surface area (Å²) in [6.45, 7) is 0. The Balaban J connectivity index is 1.62. The average molecular weight is 337 g/mol. The Kier molecular flexibility index (Phi) is 4.09. The summed E-state index contributed by atoms with van der Waals surface area (Å²) >= 11 is 0. The van der Waals surface area contributed by atoms with Gasteiger partial charge >= 0.3 is 6.36 Å². The molecule has 2 N–H and O–H groups in total. The van der Waals surface area contributed by atoms with Crippen LogP contribution < -0.4 is 10.1 Å². The van der Waals surface area contributed by atoms with E-state index in [-0.39, 0.29) is 34.9 Å². The second-order valence-corrected chi connectivity index (χ2v) is 5.61. The third-order valence-corrected chi connectivity index (χ3v) is 3.78. The lowest BCUT2D eigenvalue weighted by Gasteiger charge is -2.10. The van der Waals surface area contributed by atoms with E-state index in [9.17, 15) is 23.1 Å². The highest BCUT2D eigenvalue weighted by atomic mass is 19.4. The molecule has 0 aromatic heterocycles. The van der Waals surface area contributed by atoms with Crippen molar-refractivity contribution in [3.8, 4) is 11.5 Å². The van der Waals surface area contributed by atoms with E-state index < -0.39 is 6.36 Å². The van der Waals surface area contributed by atoms with Gasteiger partial charge < -0.3 is 15.2 Å². The molecule has 0 spiro atoms. The number of alkyl halides is 3. The summed E-state index contributed by atoms with van der Waals surface area (Å²) in [6, 6.07) is 11.8. The van der Waals surface area contributed by atoms with Crippen LogP contribution >= 0.6 is 0 Å². The Labute approximate surface area is 135 Å². The van der Waals surface area contributed by atoms with E-state index >= 15 is 0 Å². The van der Waals surface area contributed by atoms with Crippen LogP contribution in [0.4, 0.5) is 18.9 Å². The number of hydrogen-bond donors (Lipinski definition) is 2. The van der Waals surface area contributed by atoms with Crippen LogP contribution in [0.15, 0.2) is 48.5 Å². The molecule has 1 aliphatic rings. The molecular weight excluding hydrogens is 323 g/mol. The van der Waals surface area contributed by atoms with Crippen LogP contribution in [0.3, 0.4) is 0 Å². The smallest absolute Gasteiger partial charge is 0.508 e. The minimum absolute atomic E-state index is 0.0557. The predicted octanol–water partition coefficient (Wildman–Crippen LogP) is 4.03. The van der Waals surface area contributed by atoms with Gasteiger partial charge in [0.2, 0.25) is 5.91 Å². The first-order valence-corrected chi connectivity index (χ1v) is 7.27. The molecule has 4 nitrogen and oxygen atoms in total. The normalized spacial score (nSPS) is 19.6. The maximum atomic E-state index is 12.2. The molecule has 2 unspecified atom stereocenters. The van der Waals surface area contributed by atoms with Crippen molar-refractivity contribution in [2.75, 3.05) is 5.32 Å². The Morgan fingerprint density at radius 3 is 2.54 bits per heavy atom. The fourth-order valence-corrected chi connectivity index (χ4v) is 2.58. The molecule has 1 fully saturated rings. The molecule has 1 saturated carbocycles. The number of nitrogens with one attached hydrogen (secondary N) is 1. The quantitative estimate of drug-likeness (QED) is 0.885. The second kappa shape index (κ2) is 6.07. The molecule has 0 aliphatic heterocycles. The summed E-state index contributed by atoms with van der Waals surface area (Å²) in [5.41, 5.74) is 1.19. The lowest BCUT2D eigenvalue weighted by Crippen LogP contribution is -2.18. The van der Waals surface area contributed by atoms with Crippen molar-refractivity contribution in [2.45, 2.75) is 18.7 Å². The second-order valence-electron chi connectivity index (χ2n) is 5.61. The lowest BCUT2D eigenvalue weighted by atomic mass is 10.1. The summed E-state index contributed by atoms with van der Waals surface area (Å²) in [5.74, 6) is -0.660. The average Bonchev–Trinajstić information content (AvgIpc) is 3.27. The first-order valence-electron chi connectivity index (χ1n) is 7.27. The van der Waals surface area contributed by atoms with Crippen LogP contribution in [-0.4, -0.2) is 17.4 Å². The van der Waals surface area contributed by atoms with E-state index in [4.69, 9.17) is 0 Å². The van der Waals surface area contributed by atoms with E-state index in [1.54, 1.807) is 24.3 Å². The monoisotopic (exact) mass is 337 g/mol. The molecular formula is C17H14F3NO3. The fraction of sp³-hybridized carbons (Fsp3) is 0.235. The van der Waals surface area contributed by atoms with Gasteiger partial charge in [0.05, 0.1) is 0 Å². The summed E-state index contributed by atoms with van der Waals surface area (Å²) < 4.78 is 40.5. The molecule has 2 atom stereocenters. The standard InChI is InChI=1S/C17H14F3NO3/c18-17(19,20)24-13-3-1-2-11(8-13)21-16(23)15-9-14(15)10-4-6-12(22)7-5-10/h1-8,14-15,22H,9H2,(H,21,23). The molecule has 0 radical (unpaired) electrons. The lowest BCUT2D eigenvalue weighted by molar-refractivity contribution is -0.274. The first kappa shape index (κ1) is 16.2. The van der Waals surface area contributed by atoms with E-state index in [2.05, 4.69) is 10.1 Å². The van der Waals surface area contributed by atoms with Gasteiger partial charge in [0.25, 0.3) is 0 Å². The highest BCUT2D eigenvalue weighted by molar-refractivity contribution is 5.95. The molecule has 1 amide bonds. The predicted molar refractivity (Wildman–Crippen MR) is 80.7 cm³/mol. The minimum atomic E-state index is -4.77. The van der Waals surface area contributed by atoms with Crippen molar-refractivity contribution in [3.05, 3.63) is 54.1 Å². The number of rotatable bonds is 4. The van der Waals surface area contributed by atoms with Gasteiger partial charge in [-0.15, -0.1) is 13.2 Å². The molecule has 7 heteroatoms. The number of hydrogen-bond acceptors (Lipinski definition) is 3. The molecule has 0 heterocycles. The molecule has 1 aliphatic carbocycles. The number of phenols is 1. The zero-order valence-electron chi connectivity index (χ0n) is 12.4. The molecule has 0 saturated heterocycles. The Morgan fingerprint density at radius 2 is 1.88 bits per heavy atom. The summed E-state index contributed by atoms with van der Waals surface area (Å²) in [4.78, 5) is 12.2. The largest absolute Gasteiger partial charge is 0.573 e. The Morgan fingerprint density at radius 1 is 1.17 bits per heavy atom. The van der Waals surface area contributed by atoms with Crippen LogP contribution in [0.25, 0.3) is 0 Å². The number of carbonyl (C=O) groups excluding carboxylic acids is 1. The summed E-state index contributed by atoms with van der Waals surface area (Å²) in [6.07, 6.45) is -4.11. The number of amides is 1. The Bertz CT molecular complexity index is 743. The molecule has 24 heavy (non-hydrogen) atoms. The van der Waals surface area contributed by atoms with Crippen molar-refractivity contribution in [1.29, 1.82) is 0 Å². The summed E-state index contributed by atoms with van der Waals surface area (Å²) in [7, 11) is 0. The maximum Gasteiger partial charge on any atom is 0.573 e. The third-order valence-electron chi connectivity index (χ3n) is 3.78. The van der Waals surface area contributed by atoms with Gasteiger partial charge in [0.1, 0.15) is 11.5 Å². The van der Waals surface area contributed by atoms with Gasteiger partial charge in [-0.05, 0) is 42.2 Å². The van der Waals surface area contributed by atoms with Gasteiger partial charge in [0.15, 0.2) is 0 Å². The summed E-state index contributed by atoms with van der Waals surface area (Å²) in [5, 5.41) is 11.9. The van der Waals surface area contributed by atoms with Gasteiger partial charge in [0, 0.05) is 17.7 Å². The van der Waals surface area contributed by atoms with Crippen molar-refractivity contribution >= 4 is 11.6 Å². The van der Waals surface area contributed by atoms with Gasteiger partial charge in [-0.3, -0.25) is 4.79 Å². The fourth-order valence-electron chi connectivity index (χ4n) is 2.58. The van der Waals surface area contributed by atoms with E-state index in [1.807, 2.05) is 0 Å².